The van der Waals surface area contributed by atoms with Gasteiger partial charge in [0.1, 0.15) is 6.35 Å². The first-order chi connectivity index (χ1) is 8.73. The van der Waals surface area contributed by atoms with Crippen LogP contribution in [0.15, 0.2) is 15.8 Å². The lowest BCUT2D eigenvalue weighted by Crippen LogP contribution is -2.36. The third-order valence-corrected chi connectivity index (χ3v) is 2.75. The van der Waals surface area contributed by atoms with Crippen LogP contribution in [-0.2, 0) is 15.8 Å². The number of hydrogen-bond donors (Lipinski definition) is 3. The number of nitrogens with zero attached hydrogens (tertiary/aromatic N) is 1. The fourth-order valence-electron chi connectivity index (χ4n) is 1.24. The SMILES string of the molecule is CP(=O)(O)CO[C@H](CO)Cn1cc(F)c(=O)[nH]c1=O. The van der Waals surface area contributed by atoms with Gasteiger partial charge in [0.05, 0.1) is 25.5 Å². The summed E-state index contributed by atoms with van der Waals surface area (Å²) in [5.41, 5.74) is -2.01. The number of ether oxygens (including phenoxy) is 1. The number of aromatic amines is 1. The van der Waals surface area contributed by atoms with Gasteiger partial charge in [-0.3, -0.25) is 18.9 Å². The van der Waals surface area contributed by atoms with Crippen LogP contribution in [-0.4, -0.2) is 45.3 Å². The molecule has 0 amide bonds. The van der Waals surface area contributed by atoms with Gasteiger partial charge in [0.25, 0.3) is 5.56 Å². The Balaban J connectivity index is 2.82. The first-order valence-corrected chi connectivity index (χ1v) is 7.53. The molecule has 0 aliphatic heterocycles. The van der Waals surface area contributed by atoms with Crippen molar-refractivity contribution in [3.8, 4) is 0 Å². The highest BCUT2D eigenvalue weighted by Crippen LogP contribution is 2.35. The summed E-state index contributed by atoms with van der Waals surface area (Å²) in [6, 6.07) is 0. The average Bonchev–Trinajstić information content (AvgIpc) is 2.29. The molecule has 10 heteroatoms. The lowest BCUT2D eigenvalue weighted by Gasteiger charge is -2.17. The minimum absolute atomic E-state index is 0.261. The summed E-state index contributed by atoms with van der Waals surface area (Å²) in [7, 11) is -3.42. The highest BCUT2D eigenvalue weighted by molar-refractivity contribution is 7.56. The molecule has 1 aromatic rings. The van der Waals surface area contributed by atoms with Crippen LogP contribution in [0.5, 0.6) is 0 Å². The molecule has 0 fully saturated rings. The Labute approximate surface area is 106 Å². The molecule has 1 rings (SSSR count). The summed E-state index contributed by atoms with van der Waals surface area (Å²) in [6.07, 6.45) is -0.792. The molecule has 0 aromatic carbocycles. The van der Waals surface area contributed by atoms with Gasteiger partial charge in [-0.2, -0.15) is 4.39 Å². The van der Waals surface area contributed by atoms with E-state index in [0.29, 0.717) is 6.20 Å². The largest absolute Gasteiger partial charge is 0.394 e. The minimum Gasteiger partial charge on any atom is -0.394 e. The first kappa shape index (κ1) is 15.8. The van der Waals surface area contributed by atoms with Gasteiger partial charge < -0.3 is 14.7 Å². The molecule has 0 aliphatic carbocycles. The van der Waals surface area contributed by atoms with Crippen LogP contribution in [0.3, 0.4) is 0 Å². The summed E-state index contributed by atoms with van der Waals surface area (Å²) < 4.78 is 29.8. The molecule has 1 aromatic heterocycles. The first-order valence-electron chi connectivity index (χ1n) is 5.24. The molecule has 0 radical (unpaired) electrons. The predicted molar refractivity (Wildman–Crippen MR) is 63.9 cm³/mol. The Morgan fingerprint density at radius 1 is 1.58 bits per heavy atom. The zero-order valence-electron chi connectivity index (χ0n) is 10.1. The summed E-state index contributed by atoms with van der Waals surface area (Å²) in [4.78, 5) is 32.9. The maximum atomic E-state index is 13.0. The number of aliphatic hydroxyl groups excluding tert-OH is 1. The number of aliphatic hydroxyl groups is 1. The molecule has 0 saturated heterocycles. The number of halogens is 1. The van der Waals surface area contributed by atoms with E-state index >= 15 is 0 Å². The predicted octanol–water partition coefficient (Wildman–Crippen LogP) is -1.09. The average molecular weight is 296 g/mol. The third-order valence-electron chi connectivity index (χ3n) is 2.12. The second-order valence-electron chi connectivity index (χ2n) is 4.04. The van der Waals surface area contributed by atoms with Crippen LogP contribution in [0, 0.1) is 5.82 Å². The Bertz CT molecular complexity index is 591. The number of nitrogens with one attached hydrogen (secondary N) is 1. The second-order valence-corrected chi connectivity index (χ2v) is 6.40. The van der Waals surface area contributed by atoms with E-state index in [2.05, 4.69) is 0 Å². The van der Waals surface area contributed by atoms with E-state index in [1.54, 1.807) is 4.98 Å². The van der Waals surface area contributed by atoms with Gasteiger partial charge in [-0.25, -0.2) is 4.79 Å². The van der Waals surface area contributed by atoms with Gasteiger partial charge in [0.2, 0.25) is 13.2 Å². The van der Waals surface area contributed by atoms with E-state index in [1.165, 1.54) is 0 Å². The molecular formula is C9H14FN2O6P. The van der Waals surface area contributed by atoms with Crippen LogP contribution in [0.2, 0.25) is 0 Å². The summed E-state index contributed by atoms with van der Waals surface area (Å²) in [5.74, 6) is -1.15. The standard InChI is InChI=1S/C9H14FN2O6P/c1-19(16,17)5-18-6(4-13)2-12-3-7(10)8(14)11-9(12)15/h3,6,13H,2,4-5H2,1H3,(H,16,17)(H,11,14,15)/t6-/m0/s1. The maximum absolute atomic E-state index is 13.0. The quantitative estimate of drug-likeness (QED) is 0.573. The van der Waals surface area contributed by atoms with Crippen molar-refractivity contribution in [1.82, 2.24) is 9.55 Å². The van der Waals surface area contributed by atoms with Crippen molar-refractivity contribution in [2.75, 3.05) is 19.6 Å². The van der Waals surface area contributed by atoms with Crippen molar-refractivity contribution in [1.29, 1.82) is 0 Å². The highest BCUT2D eigenvalue weighted by Gasteiger charge is 2.17. The Hall–Kier alpha value is -1.28. The molecule has 0 spiro atoms. The Morgan fingerprint density at radius 2 is 2.21 bits per heavy atom. The minimum atomic E-state index is -3.42. The van der Waals surface area contributed by atoms with E-state index < -0.39 is 43.5 Å². The fourth-order valence-corrected chi connectivity index (χ4v) is 1.73. The van der Waals surface area contributed by atoms with Crippen LogP contribution in [0.25, 0.3) is 0 Å². The number of rotatable bonds is 6. The molecule has 1 unspecified atom stereocenters. The van der Waals surface area contributed by atoms with Crippen molar-refractivity contribution >= 4 is 7.37 Å². The number of H-pyrrole nitrogens is 1. The smallest absolute Gasteiger partial charge is 0.328 e. The summed E-state index contributed by atoms with van der Waals surface area (Å²) >= 11 is 0. The zero-order chi connectivity index (χ0) is 14.6. The van der Waals surface area contributed by atoms with Crippen molar-refractivity contribution in [3.05, 3.63) is 32.9 Å². The van der Waals surface area contributed by atoms with E-state index in [-0.39, 0.29) is 6.54 Å². The molecule has 0 aliphatic rings. The fraction of sp³-hybridized carbons (Fsp3) is 0.556. The van der Waals surface area contributed by atoms with E-state index in [1.807, 2.05) is 0 Å². The summed E-state index contributed by atoms with van der Waals surface area (Å²) in [6.45, 7) is 0.281. The van der Waals surface area contributed by atoms with Gasteiger partial charge in [0.15, 0.2) is 0 Å². The summed E-state index contributed by atoms with van der Waals surface area (Å²) in [5, 5.41) is 9.02. The Kier molecular flexibility index (Phi) is 5.19. The zero-order valence-corrected chi connectivity index (χ0v) is 11.0. The van der Waals surface area contributed by atoms with Gasteiger partial charge in [-0.1, -0.05) is 0 Å². The molecule has 108 valence electrons. The van der Waals surface area contributed by atoms with Crippen LogP contribution in [0.1, 0.15) is 0 Å². The molecule has 8 nitrogen and oxygen atoms in total. The normalized spacial score (nSPS) is 16.0. The van der Waals surface area contributed by atoms with E-state index in [0.717, 1.165) is 11.2 Å². The monoisotopic (exact) mass is 296 g/mol. The second kappa shape index (κ2) is 6.25. The topological polar surface area (TPSA) is 122 Å². The van der Waals surface area contributed by atoms with Crippen molar-refractivity contribution < 1.29 is 23.7 Å². The van der Waals surface area contributed by atoms with Crippen molar-refractivity contribution in [2.24, 2.45) is 0 Å². The molecule has 19 heavy (non-hydrogen) atoms. The van der Waals surface area contributed by atoms with Gasteiger partial charge >= 0.3 is 5.69 Å². The van der Waals surface area contributed by atoms with Crippen molar-refractivity contribution in [2.45, 2.75) is 12.6 Å². The van der Waals surface area contributed by atoms with Gasteiger partial charge in [-0.05, 0) is 0 Å². The maximum Gasteiger partial charge on any atom is 0.328 e. The van der Waals surface area contributed by atoms with E-state index in [4.69, 9.17) is 14.7 Å². The molecule has 3 N–H and O–H groups in total. The lowest BCUT2D eigenvalue weighted by molar-refractivity contribution is 0.0223. The van der Waals surface area contributed by atoms with E-state index in [9.17, 15) is 18.5 Å². The van der Waals surface area contributed by atoms with Gasteiger partial charge in [0, 0.05) is 6.66 Å². The lowest BCUT2D eigenvalue weighted by atomic mass is 10.3. The molecule has 1 heterocycles. The molecule has 2 atom stereocenters. The van der Waals surface area contributed by atoms with Gasteiger partial charge in [-0.15, -0.1) is 0 Å². The third kappa shape index (κ3) is 5.07. The van der Waals surface area contributed by atoms with Crippen LogP contribution >= 0.6 is 7.37 Å². The van der Waals surface area contributed by atoms with Crippen molar-refractivity contribution in [3.63, 3.8) is 0 Å². The molecule has 0 saturated carbocycles. The van der Waals surface area contributed by atoms with Crippen LogP contribution < -0.4 is 11.2 Å². The Morgan fingerprint density at radius 3 is 2.74 bits per heavy atom. The molecule has 0 bridgehead atoms. The molecular weight excluding hydrogens is 282 g/mol. The number of hydrogen-bond acceptors (Lipinski definition) is 5. The highest BCUT2D eigenvalue weighted by atomic mass is 31.2. The van der Waals surface area contributed by atoms with Crippen LogP contribution in [0.4, 0.5) is 4.39 Å². The number of aromatic nitrogens is 2.